The fourth-order valence-electron chi connectivity index (χ4n) is 1.40. The maximum atomic E-state index is 9.81. The fourth-order valence-corrected chi connectivity index (χ4v) is 1.40. The van der Waals surface area contributed by atoms with Crippen LogP contribution in [0.25, 0.3) is 0 Å². The molecule has 12 heavy (non-hydrogen) atoms. The lowest BCUT2D eigenvalue weighted by Crippen LogP contribution is -2.38. The van der Waals surface area contributed by atoms with Crippen molar-refractivity contribution in [2.45, 2.75) is 32.8 Å². The van der Waals surface area contributed by atoms with Crippen molar-refractivity contribution in [3.63, 3.8) is 0 Å². The van der Waals surface area contributed by atoms with E-state index in [2.05, 4.69) is 25.7 Å². The summed E-state index contributed by atoms with van der Waals surface area (Å²) in [4.78, 5) is 0. The van der Waals surface area contributed by atoms with Gasteiger partial charge in [-0.15, -0.1) is 6.58 Å². The third-order valence-corrected chi connectivity index (χ3v) is 1.64. The number of nitrogens with one attached hydrogen (secondary N) is 1. The minimum absolute atomic E-state index is 0.533. The molecule has 0 spiro atoms. The fraction of sp³-hybridized carbons (Fsp3) is 0.800. The highest BCUT2D eigenvalue weighted by molar-refractivity contribution is 4.79. The van der Waals surface area contributed by atoms with Crippen LogP contribution in [0, 0.1) is 5.92 Å². The Kier molecular flexibility index (Phi) is 5.18. The van der Waals surface area contributed by atoms with Crippen LogP contribution in [-0.2, 0) is 0 Å². The molecule has 72 valence electrons. The molecule has 0 bridgehead atoms. The van der Waals surface area contributed by atoms with Gasteiger partial charge in [-0.25, -0.2) is 0 Å². The normalized spacial score (nSPS) is 16.1. The van der Waals surface area contributed by atoms with Gasteiger partial charge in [0.1, 0.15) is 0 Å². The summed E-state index contributed by atoms with van der Waals surface area (Å²) in [6.07, 6.45) is 2.63. The number of hydrogen-bond acceptors (Lipinski definition) is 2. The summed E-state index contributed by atoms with van der Waals surface area (Å²) < 4.78 is 0. The minimum Gasteiger partial charge on any atom is -0.389 e. The third kappa shape index (κ3) is 6.38. The van der Waals surface area contributed by atoms with E-state index in [1.54, 1.807) is 6.08 Å². The van der Waals surface area contributed by atoms with E-state index < -0.39 is 5.60 Å². The van der Waals surface area contributed by atoms with E-state index in [9.17, 15) is 5.11 Å². The molecule has 2 N–H and O–H groups in total. The van der Waals surface area contributed by atoms with Crippen molar-refractivity contribution in [3.8, 4) is 0 Å². The van der Waals surface area contributed by atoms with Crippen molar-refractivity contribution in [3.05, 3.63) is 12.7 Å². The summed E-state index contributed by atoms with van der Waals surface area (Å²) in [6.45, 7) is 11.1. The molecule has 0 aromatic rings. The quantitative estimate of drug-likeness (QED) is 0.469. The molecule has 0 aromatic carbocycles. The zero-order valence-electron chi connectivity index (χ0n) is 8.43. The first-order chi connectivity index (χ1) is 5.48. The van der Waals surface area contributed by atoms with Crippen LogP contribution in [-0.4, -0.2) is 23.8 Å². The molecule has 0 aromatic heterocycles. The number of rotatable bonds is 6. The smallest absolute Gasteiger partial charge is 0.0746 e. The summed E-state index contributed by atoms with van der Waals surface area (Å²) in [5, 5.41) is 12.9. The van der Waals surface area contributed by atoms with Gasteiger partial charge in [0.2, 0.25) is 0 Å². The number of aliphatic hydroxyl groups is 1. The van der Waals surface area contributed by atoms with E-state index in [1.165, 1.54) is 0 Å². The number of hydrogen-bond donors (Lipinski definition) is 2. The van der Waals surface area contributed by atoms with Crippen molar-refractivity contribution >= 4 is 0 Å². The van der Waals surface area contributed by atoms with Gasteiger partial charge < -0.3 is 10.4 Å². The molecule has 0 aliphatic heterocycles. The lowest BCUT2D eigenvalue weighted by Gasteiger charge is -2.25. The van der Waals surface area contributed by atoms with E-state index in [0.717, 1.165) is 13.0 Å². The van der Waals surface area contributed by atoms with Crippen LogP contribution in [0.5, 0.6) is 0 Å². The molecule has 0 fully saturated rings. The first-order valence-electron chi connectivity index (χ1n) is 4.52. The van der Waals surface area contributed by atoms with Crippen molar-refractivity contribution in [1.29, 1.82) is 0 Å². The molecule has 0 rings (SSSR count). The summed E-state index contributed by atoms with van der Waals surface area (Å²) in [5.41, 5.74) is -0.586. The van der Waals surface area contributed by atoms with Crippen LogP contribution in [0.15, 0.2) is 12.7 Å². The molecule has 2 nitrogen and oxygen atoms in total. The summed E-state index contributed by atoms with van der Waals surface area (Å²) >= 11 is 0. The second-order valence-corrected chi connectivity index (χ2v) is 4.01. The van der Waals surface area contributed by atoms with Gasteiger partial charge in [-0.1, -0.05) is 19.9 Å². The van der Waals surface area contributed by atoms with Crippen molar-refractivity contribution in [2.75, 3.05) is 13.1 Å². The van der Waals surface area contributed by atoms with Crippen molar-refractivity contribution in [2.24, 2.45) is 5.92 Å². The monoisotopic (exact) mass is 171 g/mol. The maximum absolute atomic E-state index is 9.81. The Labute approximate surface area is 75.7 Å². The first kappa shape index (κ1) is 11.7. The third-order valence-electron chi connectivity index (χ3n) is 1.64. The van der Waals surface area contributed by atoms with E-state index in [0.29, 0.717) is 12.5 Å². The second-order valence-electron chi connectivity index (χ2n) is 4.01. The van der Waals surface area contributed by atoms with E-state index in [4.69, 9.17) is 0 Å². The van der Waals surface area contributed by atoms with Crippen LogP contribution in [0.3, 0.4) is 0 Å². The van der Waals surface area contributed by atoms with Crippen molar-refractivity contribution in [1.82, 2.24) is 5.32 Å². The maximum Gasteiger partial charge on any atom is 0.0746 e. The molecule has 0 saturated heterocycles. The zero-order chi connectivity index (χ0) is 9.61. The predicted octanol–water partition coefficient (Wildman–Crippen LogP) is 1.56. The molecule has 1 unspecified atom stereocenters. The van der Waals surface area contributed by atoms with Crippen LogP contribution < -0.4 is 5.32 Å². The Morgan fingerprint density at radius 3 is 2.58 bits per heavy atom. The molecule has 0 amide bonds. The Hall–Kier alpha value is -0.340. The molecule has 0 aliphatic carbocycles. The highest BCUT2D eigenvalue weighted by atomic mass is 16.3. The predicted molar refractivity (Wildman–Crippen MR) is 53.1 cm³/mol. The van der Waals surface area contributed by atoms with Gasteiger partial charge in [0.05, 0.1) is 5.60 Å². The van der Waals surface area contributed by atoms with E-state index in [-0.39, 0.29) is 0 Å². The van der Waals surface area contributed by atoms with Crippen LogP contribution in [0.4, 0.5) is 0 Å². The van der Waals surface area contributed by atoms with Gasteiger partial charge in [-0.2, -0.15) is 0 Å². The Balaban J connectivity index is 3.62. The Morgan fingerprint density at radius 1 is 1.58 bits per heavy atom. The van der Waals surface area contributed by atoms with Crippen LogP contribution in [0.2, 0.25) is 0 Å². The lowest BCUT2D eigenvalue weighted by atomic mass is 9.94. The highest BCUT2D eigenvalue weighted by Gasteiger charge is 2.20. The van der Waals surface area contributed by atoms with Crippen LogP contribution in [0.1, 0.15) is 27.2 Å². The van der Waals surface area contributed by atoms with E-state index >= 15 is 0 Å². The standard InChI is InChI=1S/C10H21NO/c1-5-6-11-8-10(4,12)7-9(2)3/h5,9,11-12H,1,6-8H2,2-4H3. The lowest BCUT2D eigenvalue weighted by molar-refractivity contribution is 0.0396. The molecule has 1 atom stereocenters. The molecule has 2 heteroatoms. The summed E-state index contributed by atoms with van der Waals surface area (Å²) in [6, 6.07) is 0. The second kappa shape index (κ2) is 5.33. The summed E-state index contributed by atoms with van der Waals surface area (Å²) in [5.74, 6) is 0.533. The average molecular weight is 171 g/mol. The molecule has 0 heterocycles. The Morgan fingerprint density at radius 2 is 2.17 bits per heavy atom. The van der Waals surface area contributed by atoms with Gasteiger partial charge in [0.15, 0.2) is 0 Å². The Bertz CT molecular complexity index is 130. The molecular formula is C10H21NO. The zero-order valence-corrected chi connectivity index (χ0v) is 8.43. The van der Waals surface area contributed by atoms with Gasteiger partial charge in [-0.05, 0) is 19.3 Å². The topological polar surface area (TPSA) is 32.3 Å². The molecule has 0 saturated carbocycles. The SMILES string of the molecule is C=CCNCC(C)(O)CC(C)C. The largest absolute Gasteiger partial charge is 0.389 e. The van der Waals surface area contributed by atoms with Gasteiger partial charge in [0, 0.05) is 13.1 Å². The summed E-state index contributed by atoms with van der Waals surface area (Å²) in [7, 11) is 0. The van der Waals surface area contributed by atoms with Gasteiger partial charge in [-0.3, -0.25) is 0 Å². The van der Waals surface area contributed by atoms with Gasteiger partial charge in [0.25, 0.3) is 0 Å². The van der Waals surface area contributed by atoms with E-state index in [1.807, 2.05) is 6.92 Å². The first-order valence-corrected chi connectivity index (χ1v) is 4.52. The molecule has 0 radical (unpaired) electrons. The van der Waals surface area contributed by atoms with Crippen LogP contribution >= 0.6 is 0 Å². The van der Waals surface area contributed by atoms with Gasteiger partial charge >= 0.3 is 0 Å². The molecular weight excluding hydrogens is 150 g/mol. The highest BCUT2D eigenvalue weighted by Crippen LogP contribution is 2.14. The van der Waals surface area contributed by atoms with Crippen molar-refractivity contribution < 1.29 is 5.11 Å². The molecule has 0 aliphatic rings. The average Bonchev–Trinajstić information content (AvgIpc) is 1.84. The minimum atomic E-state index is -0.586.